The zero-order valence-corrected chi connectivity index (χ0v) is 15.0. The minimum absolute atomic E-state index is 0.117. The van der Waals surface area contributed by atoms with Crippen LogP contribution in [0.4, 0.5) is 5.69 Å². The summed E-state index contributed by atoms with van der Waals surface area (Å²) >= 11 is 6.00. The monoisotopic (exact) mass is 365 g/mol. The first-order valence-electron chi connectivity index (χ1n) is 8.45. The number of imidazole rings is 1. The van der Waals surface area contributed by atoms with E-state index in [0.717, 1.165) is 35.9 Å². The fourth-order valence-electron chi connectivity index (χ4n) is 2.75. The van der Waals surface area contributed by atoms with E-state index in [2.05, 4.69) is 26.7 Å². The van der Waals surface area contributed by atoms with Crippen molar-refractivity contribution < 1.29 is 0 Å². The molecule has 0 fully saturated rings. The van der Waals surface area contributed by atoms with Crippen LogP contribution in [0.15, 0.2) is 61.1 Å². The van der Waals surface area contributed by atoms with Gasteiger partial charge in [0, 0.05) is 30.0 Å². The fraction of sp³-hybridized carbons (Fsp3) is 0.200. The molecule has 3 N–H and O–H groups in total. The first kappa shape index (κ1) is 18.0. The van der Waals surface area contributed by atoms with Crippen LogP contribution in [0.2, 0.25) is 5.02 Å². The summed E-state index contributed by atoms with van der Waals surface area (Å²) in [6.07, 6.45) is 4.34. The largest absolute Gasteiger partial charge is 0.384 e. The van der Waals surface area contributed by atoms with Crippen molar-refractivity contribution in [2.45, 2.75) is 12.5 Å². The van der Waals surface area contributed by atoms with E-state index < -0.39 is 0 Å². The number of nitrogens with one attached hydrogen (secondary N) is 3. The third-order valence-corrected chi connectivity index (χ3v) is 4.32. The second kappa shape index (κ2) is 9.04. The summed E-state index contributed by atoms with van der Waals surface area (Å²) in [5, 5.41) is 16.6. The number of H-pyrrole nitrogens is 1. The smallest absolute Gasteiger partial charge is 0.0991 e. The third kappa shape index (κ3) is 5.09. The van der Waals surface area contributed by atoms with E-state index in [4.69, 9.17) is 16.9 Å². The molecule has 0 amide bonds. The van der Waals surface area contributed by atoms with Crippen molar-refractivity contribution in [1.82, 2.24) is 15.3 Å². The molecule has 0 aliphatic rings. The molecule has 0 aliphatic carbocycles. The molecule has 0 bridgehead atoms. The number of anilines is 1. The van der Waals surface area contributed by atoms with Crippen LogP contribution in [0, 0.1) is 11.3 Å². The summed E-state index contributed by atoms with van der Waals surface area (Å²) < 4.78 is 0. The molecule has 0 saturated heterocycles. The Hall–Kier alpha value is -2.81. The summed E-state index contributed by atoms with van der Waals surface area (Å²) in [5.41, 5.74) is 3.88. The van der Waals surface area contributed by atoms with Gasteiger partial charge >= 0.3 is 0 Å². The van der Waals surface area contributed by atoms with Crippen molar-refractivity contribution in [2.24, 2.45) is 0 Å². The summed E-state index contributed by atoms with van der Waals surface area (Å²) in [6.45, 7) is 1.56. The highest BCUT2D eigenvalue weighted by Crippen LogP contribution is 2.17. The van der Waals surface area contributed by atoms with Crippen LogP contribution in [0.25, 0.3) is 0 Å². The molecule has 3 rings (SSSR count). The van der Waals surface area contributed by atoms with Crippen LogP contribution < -0.4 is 10.6 Å². The molecule has 1 aromatic heterocycles. The lowest BCUT2D eigenvalue weighted by Gasteiger charge is -2.18. The Bertz CT molecular complexity index is 853. The zero-order chi connectivity index (χ0) is 18.2. The molecule has 0 spiro atoms. The minimum atomic E-state index is 0.117. The number of hydrogen-bond donors (Lipinski definition) is 3. The summed E-state index contributed by atoms with van der Waals surface area (Å²) in [6, 6.07) is 17.6. The van der Waals surface area contributed by atoms with Gasteiger partial charge in [0.2, 0.25) is 0 Å². The standard InChI is InChI=1S/C20H20ClN5/c21-17-2-1-3-18(11-17)24-8-9-25-19(20-13-23-14-26-20)10-15-4-6-16(12-22)7-5-15/h1-7,11,13-14,19,24-25H,8-10H2,(H,23,26). The number of halogens is 1. The molecule has 5 nitrogen and oxygen atoms in total. The summed E-state index contributed by atoms with van der Waals surface area (Å²) in [7, 11) is 0. The van der Waals surface area contributed by atoms with Crippen LogP contribution in [0.1, 0.15) is 22.9 Å². The highest BCUT2D eigenvalue weighted by Gasteiger charge is 2.13. The fourth-order valence-corrected chi connectivity index (χ4v) is 2.94. The van der Waals surface area contributed by atoms with E-state index in [-0.39, 0.29) is 6.04 Å². The first-order valence-corrected chi connectivity index (χ1v) is 8.82. The van der Waals surface area contributed by atoms with Gasteiger partial charge in [0.1, 0.15) is 0 Å². The van der Waals surface area contributed by atoms with Gasteiger partial charge in [0.05, 0.1) is 29.7 Å². The Labute approximate surface area is 158 Å². The van der Waals surface area contributed by atoms with Crippen molar-refractivity contribution in [3.63, 3.8) is 0 Å². The number of nitriles is 1. The average Bonchev–Trinajstić information content (AvgIpc) is 3.19. The second-order valence-electron chi connectivity index (χ2n) is 5.96. The van der Waals surface area contributed by atoms with Gasteiger partial charge < -0.3 is 15.6 Å². The molecule has 1 unspecified atom stereocenters. The van der Waals surface area contributed by atoms with Crippen molar-refractivity contribution >= 4 is 17.3 Å². The second-order valence-corrected chi connectivity index (χ2v) is 6.40. The van der Waals surface area contributed by atoms with Gasteiger partial charge in [0.25, 0.3) is 0 Å². The first-order chi connectivity index (χ1) is 12.7. The number of aromatic amines is 1. The van der Waals surface area contributed by atoms with Gasteiger partial charge in [-0.25, -0.2) is 4.98 Å². The summed E-state index contributed by atoms with van der Waals surface area (Å²) in [5.74, 6) is 0. The quantitative estimate of drug-likeness (QED) is 0.529. The predicted octanol–water partition coefficient (Wildman–Crippen LogP) is 3.92. The van der Waals surface area contributed by atoms with Crippen molar-refractivity contribution in [1.29, 1.82) is 5.26 Å². The molecule has 26 heavy (non-hydrogen) atoms. The van der Waals surface area contributed by atoms with Crippen LogP contribution in [-0.4, -0.2) is 23.1 Å². The molecule has 2 aromatic carbocycles. The Balaban J connectivity index is 1.57. The topological polar surface area (TPSA) is 76.5 Å². The van der Waals surface area contributed by atoms with Crippen molar-refractivity contribution in [3.05, 3.63) is 82.9 Å². The Morgan fingerprint density at radius 2 is 2.00 bits per heavy atom. The molecule has 0 aliphatic heterocycles. The minimum Gasteiger partial charge on any atom is -0.384 e. The van der Waals surface area contributed by atoms with Crippen LogP contribution in [-0.2, 0) is 6.42 Å². The predicted molar refractivity (Wildman–Crippen MR) is 104 cm³/mol. The lowest BCUT2D eigenvalue weighted by molar-refractivity contribution is 0.532. The van der Waals surface area contributed by atoms with Gasteiger partial charge in [-0.05, 0) is 42.3 Å². The van der Waals surface area contributed by atoms with Crippen LogP contribution >= 0.6 is 11.6 Å². The van der Waals surface area contributed by atoms with E-state index in [1.165, 1.54) is 5.56 Å². The lowest BCUT2D eigenvalue weighted by atomic mass is 10.0. The SMILES string of the molecule is N#Cc1ccc(CC(NCCNc2cccc(Cl)c2)c2cnc[nH]2)cc1. The molecule has 132 valence electrons. The van der Waals surface area contributed by atoms with Gasteiger partial charge in [0.15, 0.2) is 0 Å². The Kier molecular flexibility index (Phi) is 6.26. The molecule has 0 saturated carbocycles. The normalized spacial score (nSPS) is 11.7. The van der Waals surface area contributed by atoms with E-state index in [9.17, 15) is 0 Å². The molecule has 3 aromatic rings. The van der Waals surface area contributed by atoms with E-state index in [1.54, 1.807) is 6.33 Å². The Morgan fingerprint density at radius 1 is 1.15 bits per heavy atom. The van der Waals surface area contributed by atoms with Gasteiger partial charge in [-0.3, -0.25) is 0 Å². The molecule has 1 atom stereocenters. The van der Waals surface area contributed by atoms with E-state index >= 15 is 0 Å². The molecule has 6 heteroatoms. The Morgan fingerprint density at radius 3 is 2.69 bits per heavy atom. The van der Waals surface area contributed by atoms with Gasteiger partial charge in [-0.1, -0.05) is 29.8 Å². The molecular weight excluding hydrogens is 346 g/mol. The lowest BCUT2D eigenvalue weighted by Crippen LogP contribution is -2.28. The van der Waals surface area contributed by atoms with Gasteiger partial charge in [-0.2, -0.15) is 5.26 Å². The molecule has 1 heterocycles. The third-order valence-electron chi connectivity index (χ3n) is 4.09. The molecule has 0 radical (unpaired) electrons. The van der Waals surface area contributed by atoms with Crippen molar-refractivity contribution in [3.8, 4) is 6.07 Å². The van der Waals surface area contributed by atoms with Crippen LogP contribution in [0.3, 0.4) is 0 Å². The van der Waals surface area contributed by atoms with Crippen LogP contribution in [0.5, 0.6) is 0 Å². The number of hydrogen-bond acceptors (Lipinski definition) is 4. The molecular formula is C20H20ClN5. The van der Waals surface area contributed by atoms with E-state index in [0.29, 0.717) is 5.56 Å². The number of aromatic nitrogens is 2. The average molecular weight is 366 g/mol. The maximum atomic E-state index is 8.92. The maximum Gasteiger partial charge on any atom is 0.0991 e. The highest BCUT2D eigenvalue weighted by atomic mass is 35.5. The maximum absolute atomic E-state index is 8.92. The van der Waals surface area contributed by atoms with Gasteiger partial charge in [-0.15, -0.1) is 0 Å². The summed E-state index contributed by atoms with van der Waals surface area (Å²) in [4.78, 5) is 7.31. The highest BCUT2D eigenvalue weighted by molar-refractivity contribution is 6.30. The number of nitrogens with zero attached hydrogens (tertiary/aromatic N) is 2. The zero-order valence-electron chi connectivity index (χ0n) is 14.2. The van der Waals surface area contributed by atoms with Crippen molar-refractivity contribution in [2.75, 3.05) is 18.4 Å². The number of benzene rings is 2. The van der Waals surface area contributed by atoms with E-state index in [1.807, 2.05) is 54.7 Å². The number of rotatable bonds is 8.